The smallest absolute Gasteiger partial charge is 0.182 e. The van der Waals surface area contributed by atoms with Crippen molar-refractivity contribution in [2.75, 3.05) is 4.90 Å². The Morgan fingerprint density at radius 2 is 0.875 bits per heavy atom. The van der Waals surface area contributed by atoms with Gasteiger partial charge in [-0.1, -0.05) is 97.1 Å². The minimum Gasteiger partial charge on any atom is -0.310 e. The molecule has 4 heteroatoms. The maximum absolute atomic E-state index is 14.6. The lowest BCUT2D eigenvalue weighted by molar-refractivity contribution is 0.627. The van der Waals surface area contributed by atoms with Gasteiger partial charge in [-0.2, -0.15) is 0 Å². The molecule has 0 unspecified atom stereocenters. The average molecular weight is 536 g/mol. The monoisotopic (exact) mass is 535 g/mol. The van der Waals surface area contributed by atoms with Gasteiger partial charge in [0.05, 0.1) is 5.69 Å². The highest BCUT2D eigenvalue weighted by molar-refractivity contribution is 7.24. The minimum absolute atomic E-state index is 0.337. The molecule has 190 valence electrons. The van der Waals surface area contributed by atoms with Crippen LogP contribution < -0.4 is 25.6 Å². The van der Waals surface area contributed by atoms with Crippen LogP contribution in [0.25, 0.3) is 22.3 Å². The summed E-state index contributed by atoms with van der Waals surface area (Å²) in [6.45, 7) is 0. The molecule has 6 aromatic carbocycles. The number of hydrogen-bond donors (Lipinski definition) is 0. The van der Waals surface area contributed by atoms with Crippen LogP contribution >= 0.6 is 0 Å². The summed E-state index contributed by atoms with van der Waals surface area (Å²) in [4.78, 5) is 1.99. The van der Waals surface area contributed by atoms with Gasteiger partial charge >= 0.3 is 0 Å². The fourth-order valence-corrected chi connectivity index (χ4v) is 12.6. The molecule has 0 radical (unpaired) electrons. The fraction of sp³-hybridized carbons (Fsp3) is 0. The van der Waals surface area contributed by atoms with Gasteiger partial charge in [-0.15, -0.1) is 0 Å². The SMILES string of the molecule is Fc1cccc(N(c2cccc(F)c2)c2cccc3c2-c2ccccc2[Si]32c3ccccc3-c3ccccc32)c1. The van der Waals surface area contributed by atoms with Crippen molar-refractivity contribution in [3.05, 3.63) is 151 Å². The number of rotatable bonds is 3. The number of anilines is 3. The third-order valence-electron chi connectivity index (χ3n) is 8.37. The van der Waals surface area contributed by atoms with E-state index in [2.05, 4.69) is 91.0 Å². The molecule has 2 aliphatic heterocycles. The van der Waals surface area contributed by atoms with E-state index >= 15 is 0 Å². The van der Waals surface area contributed by atoms with Crippen LogP contribution in [-0.4, -0.2) is 8.07 Å². The first-order valence-electron chi connectivity index (χ1n) is 13.4. The number of hydrogen-bond acceptors (Lipinski definition) is 1. The Bertz CT molecular complexity index is 1870. The highest BCUT2D eigenvalue weighted by Gasteiger charge is 2.54. The molecule has 1 nitrogen and oxygen atoms in total. The van der Waals surface area contributed by atoms with E-state index in [9.17, 15) is 8.78 Å². The van der Waals surface area contributed by atoms with Gasteiger partial charge in [0.2, 0.25) is 0 Å². The quantitative estimate of drug-likeness (QED) is 0.226. The predicted molar refractivity (Wildman–Crippen MR) is 163 cm³/mol. The number of nitrogens with zero attached hydrogens (tertiary/aromatic N) is 1. The van der Waals surface area contributed by atoms with Gasteiger partial charge < -0.3 is 4.90 Å². The van der Waals surface area contributed by atoms with Crippen LogP contribution in [0.1, 0.15) is 0 Å². The molecule has 2 heterocycles. The summed E-state index contributed by atoms with van der Waals surface area (Å²) in [5.41, 5.74) is 7.11. The normalized spacial score (nSPS) is 13.4. The van der Waals surface area contributed by atoms with Gasteiger partial charge in [-0.25, -0.2) is 8.78 Å². The van der Waals surface area contributed by atoms with E-state index in [1.165, 1.54) is 61.7 Å². The van der Waals surface area contributed by atoms with E-state index in [0.29, 0.717) is 11.4 Å². The van der Waals surface area contributed by atoms with Crippen LogP contribution in [0, 0.1) is 11.6 Å². The predicted octanol–water partition coefficient (Wildman–Crippen LogP) is 6.77. The van der Waals surface area contributed by atoms with Crippen molar-refractivity contribution in [1.82, 2.24) is 0 Å². The van der Waals surface area contributed by atoms with E-state index in [4.69, 9.17) is 0 Å². The van der Waals surface area contributed by atoms with Crippen LogP contribution in [0.15, 0.2) is 140 Å². The molecule has 8 rings (SSSR count). The second-order valence-corrected chi connectivity index (χ2v) is 14.0. The zero-order valence-corrected chi connectivity index (χ0v) is 22.5. The van der Waals surface area contributed by atoms with Crippen LogP contribution in [0.5, 0.6) is 0 Å². The molecule has 0 amide bonds. The van der Waals surface area contributed by atoms with Gasteiger partial charge in [-0.3, -0.25) is 0 Å². The van der Waals surface area contributed by atoms with Crippen molar-refractivity contribution in [3.63, 3.8) is 0 Å². The van der Waals surface area contributed by atoms with Gasteiger partial charge in [0.15, 0.2) is 8.07 Å². The Morgan fingerprint density at radius 3 is 1.43 bits per heavy atom. The lowest BCUT2D eigenvalue weighted by atomic mass is 10.0. The summed E-state index contributed by atoms with van der Waals surface area (Å²) in [6.07, 6.45) is 0. The minimum atomic E-state index is -2.63. The van der Waals surface area contributed by atoms with Gasteiger partial charge in [0.1, 0.15) is 11.6 Å². The topological polar surface area (TPSA) is 3.24 Å². The summed E-state index contributed by atoms with van der Waals surface area (Å²) in [5, 5.41) is 5.44. The van der Waals surface area contributed by atoms with Gasteiger partial charge in [0.25, 0.3) is 0 Å². The zero-order chi connectivity index (χ0) is 26.8. The van der Waals surface area contributed by atoms with E-state index in [1.807, 2.05) is 17.0 Å². The summed E-state index contributed by atoms with van der Waals surface area (Å²) in [6, 6.07) is 45.9. The summed E-state index contributed by atoms with van der Waals surface area (Å²) in [5.74, 6) is -0.673. The molecule has 0 N–H and O–H groups in total. The first-order chi connectivity index (χ1) is 19.7. The van der Waals surface area contributed by atoms with Crippen molar-refractivity contribution in [2.45, 2.75) is 0 Å². The van der Waals surface area contributed by atoms with Crippen LogP contribution in [0.3, 0.4) is 0 Å². The van der Waals surface area contributed by atoms with Crippen molar-refractivity contribution in [2.24, 2.45) is 0 Å². The highest BCUT2D eigenvalue weighted by atomic mass is 28.3. The van der Waals surface area contributed by atoms with Crippen molar-refractivity contribution < 1.29 is 8.78 Å². The number of benzene rings is 6. The molecule has 6 aromatic rings. The number of halogens is 2. The second-order valence-electron chi connectivity index (χ2n) is 10.4. The van der Waals surface area contributed by atoms with Crippen molar-refractivity contribution in [3.8, 4) is 22.3 Å². The van der Waals surface area contributed by atoms with Crippen molar-refractivity contribution >= 4 is 45.9 Å². The lowest BCUT2D eigenvalue weighted by Gasteiger charge is -2.30. The molecular weight excluding hydrogens is 512 g/mol. The molecule has 0 aromatic heterocycles. The highest BCUT2D eigenvalue weighted by Crippen LogP contribution is 2.44. The fourth-order valence-electron chi connectivity index (χ4n) is 6.97. The standard InChI is InChI=1S/C36H23F2NSi/c37-24-10-7-12-26(22-24)39(27-13-8-11-25(38)23-27)31-17-9-21-35-36(31)30-16-3-6-20-34(30)40(35)32-18-4-1-14-28(32)29-15-2-5-19-33(29)40/h1-23H. The largest absolute Gasteiger partial charge is 0.310 e. The van der Waals surface area contributed by atoms with E-state index in [1.54, 1.807) is 12.1 Å². The maximum Gasteiger partial charge on any atom is 0.182 e. The van der Waals surface area contributed by atoms with E-state index in [0.717, 1.165) is 11.3 Å². The molecule has 2 aliphatic rings. The van der Waals surface area contributed by atoms with Crippen LogP contribution in [0.2, 0.25) is 0 Å². The molecule has 0 aliphatic carbocycles. The second kappa shape index (κ2) is 8.60. The Morgan fingerprint density at radius 1 is 0.425 bits per heavy atom. The van der Waals surface area contributed by atoms with Gasteiger partial charge in [0, 0.05) is 16.9 Å². The Balaban J connectivity index is 1.50. The zero-order valence-electron chi connectivity index (χ0n) is 21.5. The molecule has 0 atom stereocenters. The maximum atomic E-state index is 14.6. The molecule has 0 bridgehead atoms. The molecular formula is C36H23F2NSi. The summed E-state index contributed by atoms with van der Waals surface area (Å²) in [7, 11) is -2.63. The molecule has 0 saturated carbocycles. The Kier molecular flexibility index (Phi) is 4.97. The third-order valence-corrected chi connectivity index (χ3v) is 13.3. The van der Waals surface area contributed by atoms with Crippen LogP contribution in [-0.2, 0) is 0 Å². The first-order valence-corrected chi connectivity index (χ1v) is 15.4. The van der Waals surface area contributed by atoms with Crippen molar-refractivity contribution in [1.29, 1.82) is 0 Å². The third kappa shape index (κ3) is 3.05. The first kappa shape index (κ1) is 23.1. The lowest BCUT2D eigenvalue weighted by Crippen LogP contribution is -2.70. The summed E-state index contributed by atoms with van der Waals surface area (Å²) >= 11 is 0. The Labute approximate surface area is 232 Å². The molecule has 1 spiro atoms. The van der Waals surface area contributed by atoms with E-state index < -0.39 is 8.07 Å². The molecule has 40 heavy (non-hydrogen) atoms. The molecule has 0 fully saturated rings. The van der Waals surface area contributed by atoms with Gasteiger partial charge in [-0.05, 0) is 79.9 Å². The summed E-state index contributed by atoms with van der Waals surface area (Å²) < 4.78 is 29.3. The average Bonchev–Trinajstić information content (AvgIpc) is 3.46. The number of fused-ring (bicyclic) bond motifs is 10. The Hall–Kier alpha value is -4.80. The van der Waals surface area contributed by atoms with Crippen LogP contribution in [0.4, 0.5) is 25.8 Å². The van der Waals surface area contributed by atoms with E-state index in [-0.39, 0.29) is 11.6 Å². The molecule has 0 saturated heterocycles.